The van der Waals surface area contributed by atoms with Crippen LogP contribution in [0.25, 0.3) is 5.69 Å². The summed E-state index contributed by atoms with van der Waals surface area (Å²) in [7, 11) is 0. The van der Waals surface area contributed by atoms with Gasteiger partial charge in [0.2, 0.25) is 0 Å². The van der Waals surface area contributed by atoms with E-state index in [0.717, 1.165) is 28.1 Å². The van der Waals surface area contributed by atoms with Gasteiger partial charge in [0, 0.05) is 18.4 Å². The first kappa shape index (κ1) is 19.2. The molecule has 4 nitrogen and oxygen atoms in total. The van der Waals surface area contributed by atoms with Crippen LogP contribution in [0.4, 0.5) is 4.79 Å². The molecule has 3 aromatic carbocycles. The van der Waals surface area contributed by atoms with Crippen LogP contribution in [0.3, 0.4) is 0 Å². The highest BCUT2D eigenvalue weighted by atomic mass is 16.2. The van der Waals surface area contributed by atoms with Crippen molar-refractivity contribution in [1.29, 1.82) is 0 Å². The van der Waals surface area contributed by atoms with Gasteiger partial charge in [-0.05, 0) is 41.8 Å². The van der Waals surface area contributed by atoms with Gasteiger partial charge in [0.25, 0.3) is 0 Å². The van der Waals surface area contributed by atoms with Crippen molar-refractivity contribution in [2.24, 2.45) is 0 Å². The Bertz CT molecular complexity index is 1210. The minimum absolute atomic E-state index is 0.0696. The molecule has 1 aliphatic rings. The maximum absolute atomic E-state index is 13.5. The zero-order valence-corrected chi connectivity index (χ0v) is 17.5. The van der Waals surface area contributed by atoms with E-state index < -0.39 is 0 Å². The first-order valence-electron chi connectivity index (χ1n) is 10.6. The third kappa shape index (κ3) is 3.73. The lowest BCUT2D eigenvalue weighted by Gasteiger charge is -2.31. The number of benzene rings is 3. The molecule has 4 heteroatoms. The van der Waals surface area contributed by atoms with Crippen LogP contribution in [0.1, 0.15) is 34.0 Å². The minimum Gasteiger partial charge on any atom is -0.334 e. The van der Waals surface area contributed by atoms with E-state index in [4.69, 9.17) is 0 Å². The number of para-hydroxylation sites is 1. The number of rotatable bonds is 3. The Hall–Kier alpha value is -3.79. The third-order valence-corrected chi connectivity index (χ3v) is 5.87. The van der Waals surface area contributed by atoms with E-state index in [0.29, 0.717) is 13.1 Å². The summed E-state index contributed by atoms with van der Waals surface area (Å²) < 4.78 is 2.22. The van der Waals surface area contributed by atoms with E-state index in [2.05, 4.69) is 77.6 Å². The molecule has 0 bridgehead atoms. The summed E-state index contributed by atoms with van der Waals surface area (Å²) in [6, 6.07) is 30.7. The Kier molecular flexibility index (Phi) is 5.04. The largest absolute Gasteiger partial charge is 0.334 e. The van der Waals surface area contributed by atoms with E-state index in [1.807, 2.05) is 41.3 Å². The van der Waals surface area contributed by atoms with Gasteiger partial charge >= 0.3 is 6.03 Å². The summed E-state index contributed by atoms with van der Waals surface area (Å²) in [4.78, 5) is 15.5. The Morgan fingerprint density at radius 2 is 1.74 bits per heavy atom. The molecule has 2 amide bonds. The van der Waals surface area contributed by atoms with Crippen molar-refractivity contribution in [2.75, 3.05) is 0 Å². The second-order valence-corrected chi connectivity index (χ2v) is 8.02. The molecule has 0 saturated heterocycles. The van der Waals surface area contributed by atoms with Crippen molar-refractivity contribution in [1.82, 2.24) is 14.8 Å². The average molecular weight is 408 g/mol. The van der Waals surface area contributed by atoms with Crippen molar-refractivity contribution in [3.05, 3.63) is 125 Å². The van der Waals surface area contributed by atoms with Crippen LogP contribution in [0.5, 0.6) is 0 Å². The second-order valence-electron chi connectivity index (χ2n) is 8.02. The molecule has 1 N–H and O–H groups in total. The smallest absolute Gasteiger partial charge is 0.318 e. The van der Waals surface area contributed by atoms with E-state index in [1.165, 1.54) is 5.56 Å². The monoisotopic (exact) mass is 407 g/mol. The molecule has 1 unspecified atom stereocenters. The zero-order valence-electron chi connectivity index (χ0n) is 17.5. The molecule has 0 aliphatic carbocycles. The molecule has 0 radical (unpaired) electrons. The average Bonchev–Trinajstić information content (AvgIpc) is 3.22. The Balaban J connectivity index is 1.57. The van der Waals surface area contributed by atoms with E-state index in [9.17, 15) is 4.79 Å². The number of nitrogens with zero attached hydrogens (tertiary/aromatic N) is 2. The molecular weight excluding hydrogens is 382 g/mol. The van der Waals surface area contributed by atoms with Gasteiger partial charge in [-0.15, -0.1) is 0 Å². The summed E-state index contributed by atoms with van der Waals surface area (Å²) in [5, 5.41) is 3.14. The molecule has 4 aromatic rings. The van der Waals surface area contributed by atoms with Crippen molar-refractivity contribution >= 4 is 6.03 Å². The number of amides is 2. The lowest BCUT2D eigenvalue weighted by Crippen LogP contribution is -2.41. The Labute approximate surface area is 182 Å². The van der Waals surface area contributed by atoms with E-state index in [1.54, 1.807) is 0 Å². The first-order valence-corrected chi connectivity index (χ1v) is 10.6. The van der Waals surface area contributed by atoms with Crippen LogP contribution in [-0.2, 0) is 13.1 Å². The SMILES string of the molecule is Cc1cccc(C2c3cccn3-c3ccccc3CN2C(=O)NCc2ccccc2)c1. The quantitative estimate of drug-likeness (QED) is 0.472. The summed E-state index contributed by atoms with van der Waals surface area (Å²) in [6.07, 6.45) is 2.09. The van der Waals surface area contributed by atoms with Crippen LogP contribution in [-0.4, -0.2) is 15.5 Å². The maximum atomic E-state index is 13.5. The third-order valence-electron chi connectivity index (χ3n) is 5.87. The number of aromatic nitrogens is 1. The van der Waals surface area contributed by atoms with Crippen molar-refractivity contribution in [3.8, 4) is 5.69 Å². The number of carbonyl (C=O) groups is 1. The fourth-order valence-corrected chi connectivity index (χ4v) is 4.41. The Morgan fingerprint density at radius 1 is 0.935 bits per heavy atom. The van der Waals surface area contributed by atoms with Gasteiger partial charge in [0.05, 0.1) is 18.3 Å². The normalized spacial score (nSPS) is 15.0. The molecule has 0 spiro atoms. The molecule has 154 valence electrons. The van der Waals surface area contributed by atoms with Crippen LogP contribution < -0.4 is 5.32 Å². The van der Waals surface area contributed by atoms with Crippen LogP contribution in [0, 0.1) is 6.92 Å². The zero-order chi connectivity index (χ0) is 21.2. The molecule has 0 fully saturated rings. The fraction of sp³-hybridized carbons (Fsp3) is 0.148. The lowest BCUT2D eigenvalue weighted by atomic mass is 10.00. The standard InChI is InChI=1S/C27H25N3O/c1-20-9-7-13-22(17-20)26-25-15-8-16-29(25)24-14-6-5-12-23(24)19-30(26)27(31)28-18-21-10-3-2-4-11-21/h2-17,26H,18-19H2,1H3,(H,28,31). The number of hydrogen-bond donors (Lipinski definition) is 1. The molecule has 1 atom stereocenters. The summed E-state index contributed by atoms with van der Waals surface area (Å²) in [5.74, 6) is 0. The van der Waals surface area contributed by atoms with Gasteiger partial charge in [0.15, 0.2) is 0 Å². The molecular formula is C27H25N3O. The van der Waals surface area contributed by atoms with Gasteiger partial charge in [-0.3, -0.25) is 0 Å². The predicted molar refractivity (Wildman–Crippen MR) is 123 cm³/mol. The van der Waals surface area contributed by atoms with Gasteiger partial charge in [0.1, 0.15) is 0 Å². The molecule has 31 heavy (non-hydrogen) atoms. The van der Waals surface area contributed by atoms with Gasteiger partial charge < -0.3 is 14.8 Å². The molecule has 1 aliphatic heterocycles. The Morgan fingerprint density at radius 3 is 2.58 bits per heavy atom. The number of urea groups is 1. The molecule has 0 saturated carbocycles. The van der Waals surface area contributed by atoms with E-state index in [-0.39, 0.29) is 12.1 Å². The van der Waals surface area contributed by atoms with Gasteiger partial charge in [-0.2, -0.15) is 0 Å². The minimum atomic E-state index is -0.182. The highest BCUT2D eigenvalue weighted by molar-refractivity contribution is 5.76. The van der Waals surface area contributed by atoms with Crippen molar-refractivity contribution < 1.29 is 4.79 Å². The first-order chi connectivity index (χ1) is 15.2. The second kappa shape index (κ2) is 8.15. The number of aryl methyl sites for hydroxylation is 1. The van der Waals surface area contributed by atoms with Crippen molar-refractivity contribution in [3.63, 3.8) is 0 Å². The highest BCUT2D eigenvalue weighted by Gasteiger charge is 2.32. The van der Waals surface area contributed by atoms with Crippen LogP contribution in [0.2, 0.25) is 0 Å². The van der Waals surface area contributed by atoms with Crippen LogP contribution >= 0.6 is 0 Å². The number of fused-ring (bicyclic) bond motifs is 3. The van der Waals surface area contributed by atoms with Gasteiger partial charge in [-0.1, -0.05) is 78.4 Å². The summed E-state index contributed by atoms with van der Waals surface area (Å²) in [5.41, 5.74) is 6.72. The number of hydrogen-bond acceptors (Lipinski definition) is 1. The number of nitrogens with one attached hydrogen (secondary N) is 1. The lowest BCUT2D eigenvalue weighted by molar-refractivity contribution is 0.180. The fourth-order valence-electron chi connectivity index (χ4n) is 4.41. The maximum Gasteiger partial charge on any atom is 0.318 e. The molecule has 1 aromatic heterocycles. The van der Waals surface area contributed by atoms with Crippen LogP contribution in [0.15, 0.2) is 97.2 Å². The molecule has 5 rings (SSSR count). The summed E-state index contributed by atoms with van der Waals surface area (Å²) >= 11 is 0. The van der Waals surface area contributed by atoms with E-state index >= 15 is 0 Å². The topological polar surface area (TPSA) is 37.3 Å². The predicted octanol–water partition coefficient (Wildman–Crippen LogP) is 5.60. The van der Waals surface area contributed by atoms with Crippen molar-refractivity contribution in [2.45, 2.75) is 26.1 Å². The summed E-state index contributed by atoms with van der Waals surface area (Å²) in [6.45, 7) is 3.13. The van der Waals surface area contributed by atoms with Gasteiger partial charge in [-0.25, -0.2) is 4.79 Å². The number of carbonyl (C=O) groups excluding carboxylic acids is 1. The molecule has 2 heterocycles. The highest BCUT2D eigenvalue weighted by Crippen LogP contribution is 2.36.